The van der Waals surface area contributed by atoms with E-state index in [0.29, 0.717) is 16.3 Å². The number of aromatic nitrogens is 2. The number of esters is 1. The zero-order chi connectivity index (χ0) is 27.1. The van der Waals surface area contributed by atoms with Crippen molar-refractivity contribution in [2.75, 3.05) is 6.61 Å². The Kier molecular flexibility index (Phi) is 10.2. The zero-order valence-electron chi connectivity index (χ0n) is 20.5. The first-order valence-electron chi connectivity index (χ1n) is 11.6. The quantitative estimate of drug-likeness (QED) is 0.363. The molecule has 12 nitrogen and oxygen atoms in total. The largest absolute Gasteiger partial charge is 0.481 e. The molecule has 3 unspecified atom stereocenters. The molecule has 0 amide bonds. The first kappa shape index (κ1) is 28.8. The lowest BCUT2D eigenvalue weighted by Crippen LogP contribution is -2.33. The van der Waals surface area contributed by atoms with Crippen LogP contribution in [0.1, 0.15) is 50.5 Å². The first-order chi connectivity index (χ1) is 17.7. The summed E-state index contributed by atoms with van der Waals surface area (Å²) in [6.45, 7) is 5.67. The van der Waals surface area contributed by atoms with Crippen LogP contribution in [0.5, 0.6) is 5.75 Å². The number of carboxylic acid groups (broad SMARTS) is 1. The fourth-order valence-corrected chi connectivity index (χ4v) is 4.79. The molecule has 1 aromatic carbocycles. The van der Waals surface area contributed by atoms with Gasteiger partial charge < -0.3 is 19.1 Å². The first-order valence-corrected chi connectivity index (χ1v) is 13.1. The number of nitrogens with zero attached hydrogens (tertiary/aromatic N) is 1. The second-order valence-electron chi connectivity index (χ2n) is 7.90. The van der Waals surface area contributed by atoms with Crippen LogP contribution in [0.25, 0.3) is 0 Å². The molecule has 4 rings (SSSR count). The predicted octanol–water partition coefficient (Wildman–Crippen LogP) is 3.44. The van der Waals surface area contributed by atoms with Crippen molar-refractivity contribution in [3.8, 4) is 5.75 Å². The Morgan fingerprint density at radius 3 is 2.76 bits per heavy atom. The van der Waals surface area contributed by atoms with Crippen LogP contribution in [-0.4, -0.2) is 45.4 Å². The molecule has 1 fully saturated rings. The Morgan fingerprint density at radius 1 is 1.27 bits per heavy atom. The SMILES string of the molecule is CC.Cc1cn(C2C[C@@H](OC(=O)CCC(=O)O)C(COP3OCc4cc(Cl)ccc4O3)O2)c(=O)[nH]c1=O. The van der Waals surface area contributed by atoms with Crippen molar-refractivity contribution in [3.05, 3.63) is 61.4 Å². The second kappa shape index (κ2) is 13.2. The van der Waals surface area contributed by atoms with Gasteiger partial charge in [0.15, 0.2) is 0 Å². The predicted molar refractivity (Wildman–Crippen MR) is 132 cm³/mol. The van der Waals surface area contributed by atoms with Crippen LogP contribution in [-0.2, 0) is 34.7 Å². The van der Waals surface area contributed by atoms with E-state index in [4.69, 9.17) is 39.8 Å². The number of aromatic amines is 1. The molecule has 0 bridgehead atoms. The molecular formula is C23H28ClN2O10P. The maximum Gasteiger partial charge on any atom is 0.397 e. The number of benzene rings is 1. The van der Waals surface area contributed by atoms with Gasteiger partial charge in [0.1, 0.15) is 24.2 Å². The highest BCUT2D eigenvalue weighted by atomic mass is 35.5. The number of fused-ring (bicyclic) bond motifs is 1. The summed E-state index contributed by atoms with van der Waals surface area (Å²) in [6, 6.07) is 5.12. The molecule has 2 aromatic rings. The van der Waals surface area contributed by atoms with Gasteiger partial charge in [-0.3, -0.25) is 33.0 Å². The third-order valence-electron chi connectivity index (χ3n) is 5.33. The van der Waals surface area contributed by atoms with E-state index in [1.54, 1.807) is 25.1 Å². The number of carbonyl (C=O) groups excluding carboxylic acids is 1. The number of rotatable bonds is 8. The number of carbonyl (C=O) groups is 2. The normalized spacial score (nSPS) is 22.3. The lowest BCUT2D eigenvalue weighted by Gasteiger charge is -2.26. The number of carboxylic acids is 1. The summed E-state index contributed by atoms with van der Waals surface area (Å²) in [7, 11) is -1.78. The van der Waals surface area contributed by atoms with Gasteiger partial charge in [-0.2, -0.15) is 0 Å². The number of aryl methyl sites for hydroxylation is 1. The Morgan fingerprint density at radius 2 is 2.03 bits per heavy atom. The molecule has 1 aromatic heterocycles. The minimum atomic E-state index is -1.78. The Hall–Kier alpha value is -2.76. The smallest absolute Gasteiger partial charge is 0.397 e. The van der Waals surface area contributed by atoms with Gasteiger partial charge in [-0.25, -0.2) is 4.79 Å². The number of hydrogen-bond donors (Lipinski definition) is 2. The summed E-state index contributed by atoms with van der Waals surface area (Å²) in [5, 5.41) is 9.36. The van der Waals surface area contributed by atoms with E-state index in [9.17, 15) is 19.2 Å². The molecule has 3 heterocycles. The molecular weight excluding hydrogens is 531 g/mol. The molecule has 2 N–H and O–H groups in total. The third-order valence-corrected chi connectivity index (χ3v) is 6.61. The van der Waals surface area contributed by atoms with E-state index in [1.165, 1.54) is 10.8 Å². The fraction of sp³-hybridized carbons (Fsp3) is 0.478. The average Bonchev–Trinajstić information content (AvgIpc) is 3.26. The number of halogens is 1. The number of H-pyrrole nitrogens is 1. The average molecular weight is 559 g/mol. The monoisotopic (exact) mass is 558 g/mol. The third kappa shape index (κ3) is 7.62. The van der Waals surface area contributed by atoms with Crippen LogP contribution in [0.15, 0.2) is 34.0 Å². The van der Waals surface area contributed by atoms with Crippen LogP contribution < -0.4 is 15.8 Å². The second-order valence-corrected chi connectivity index (χ2v) is 9.48. The van der Waals surface area contributed by atoms with Gasteiger partial charge in [0, 0.05) is 28.8 Å². The van der Waals surface area contributed by atoms with Crippen LogP contribution >= 0.6 is 20.2 Å². The van der Waals surface area contributed by atoms with E-state index >= 15 is 0 Å². The number of nitrogens with one attached hydrogen (secondary N) is 1. The van der Waals surface area contributed by atoms with Crippen molar-refractivity contribution < 1.29 is 37.7 Å². The van der Waals surface area contributed by atoms with Crippen molar-refractivity contribution in [3.63, 3.8) is 0 Å². The van der Waals surface area contributed by atoms with Gasteiger partial charge in [-0.05, 0) is 25.1 Å². The lowest BCUT2D eigenvalue weighted by atomic mass is 10.2. The van der Waals surface area contributed by atoms with E-state index in [1.807, 2.05) is 13.8 Å². The van der Waals surface area contributed by atoms with E-state index in [0.717, 1.165) is 5.56 Å². The molecule has 0 radical (unpaired) electrons. The van der Waals surface area contributed by atoms with Gasteiger partial charge in [0.05, 0.1) is 26.1 Å². The van der Waals surface area contributed by atoms with Crippen molar-refractivity contribution in [2.45, 2.75) is 65.1 Å². The molecule has 0 saturated carbocycles. The molecule has 2 aliphatic heterocycles. The summed E-state index contributed by atoms with van der Waals surface area (Å²) in [6.07, 6.45) is -1.77. The summed E-state index contributed by atoms with van der Waals surface area (Å²) in [5.41, 5.74) is -0.123. The van der Waals surface area contributed by atoms with Crippen LogP contribution in [0, 0.1) is 6.92 Å². The maximum atomic E-state index is 12.3. The van der Waals surface area contributed by atoms with Gasteiger partial charge in [0.25, 0.3) is 5.56 Å². The fourth-order valence-electron chi connectivity index (χ4n) is 3.56. The molecule has 2 aliphatic rings. The van der Waals surface area contributed by atoms with Crippen LogP contribution in [0.3, 0.4) is 0 Å². The Balaban J connectivity index is 0.00000186. The molecule has 37 heavy (non-hydrogen) atoms. The topological polar surface area (TPSA) is 155 Å². The van der Waals surface area contributed by atoms with Gasteiger partial charge >= 0.3 is 26.2 Å². The van der Waals surface area contributed by atoms with Crippen molar-refractivity contribution in [1.82, 2.24) is 9.55 Å². The van der Waals surface area contributed by atoms with E-state index in [-0.39, 0.29) is 32.5 Å². The summed E-state index contributed by atoms with van der Waals surface area (Å²) in [4.78, 5) is 49.2. The molecule has 1 saturated heterocycles. The summed E-state index contributed by atoms with van der Waals surface area (Å²) < 4.78 is 29.7. The van der Waals surface area contributed by atoms with Crippen molar-refractivity contribution in [2.24, 2.45) is 0 Å². The van der Waals surface area contributed by atoms with E-state index in [2.05, 4.69) is 4.98 Å². The molecule has 0 aliphatic carbocycles. The Labute approximate surface area is 218 Å². The number of aliphatic carboxylic acids is 1. The highest BCUT2D eigenvalue weighted by Gasteiger charge is 2.40. The van der Waals surface area contributed by atoms with Crippen LogP contribution in [0.4, 0.5) is 0 Å². The highest BCUT2D eigenvalue weighted by molar-refractivity contribution is 7.42. The van der Waals surface area contributed by atoms with Crippen molar-refractivity contribution in [1.29, 1.82) is 0 Å². The molecule has 4 atom stereocenters. The number of hydrogen-bond acceptors (Lipinski definition) is 9. The number of ether oxygens (including phenoxy) is 2. The van der Waals surface area contributed by atoms with Crippen LogP contribution in [0.2, 0.25) is 5.02 Å². The molecule has 202 valence electrons. The minimum Gasteiger partial charge on any atom is -0.481 e. The maximum absolute atomic E-state index is 12.3. The standard InChI is InChI=1S/C21H22ClN2O10P.C2H6/c1-11-8-24(21(29)23-20(11)28)17-7-15(33-19(27)5-4-18(25)26)16(32-17)10-31-35-30-9-12-6-13(22)2-3-14(12)34-35;1-2/h2-3,6,8,15-17H,4-5,7,9-10H2,1H3,(H,25,26)(H,23,28,29);1-2H3/t15-,16?,17?,35?;/m1./s1. The molecule has 0 spiro atoms. The molecule has 14 heteroatoms. The lowest BCUT2D eigenvalue weighted by molar-refractivity contribution is -0.155. The zero-order valence-corrected chi connectivity index (χ0v) is 22.1. The summed E-state index contributed by atoms with van der Waals surface area (Å²) in [5.74, 6) is -1.28. The van der Waals surface area contributed by atoms with E-state index < -0.39 is 50.2 Å². The summed E-state index contributed by atoms with van der Waals surface area (Å²) >= 11 is 5.98. The Bertz CT molecular complexity index is 1230. The van der Waals surface area contributed by atoms with Gasteiger partial charge in [0.2, 0.25) is 0 Å². The minimum absolute atomic E-state index is 0.0825. The highest BCUT2D eigenvalue weighted by Crippen LogP contribution is 2.48. The van der Waals surface area contributed by atoms with Gasteiger partial charge in [-0.15, -0.1) is 0 Å². The van der Waals surface area contributed by atoms with Gasteiger partial charge in [-0.1, -0.05) is 25.4 Å². The van der Waals surface area contributed by atoms with Crippen molar-refractivity contribution >= 4 is 32.1 Å².